The van der Waals surface area contributed by atoms with Crippen LogP contribution in [0, 0.1) is 6.92 Å². The predicted octanol–water partition coefficient (Wildman–Crippen LogP) is 3.09. The molecule has 3 N–H and O–H groups in total. The van der Waals surface area contributed by atoms with E-state index >= 15 is 0 Å². The summed E-state index contributed by atoms with van der Waals surface area (Å²) in [5.41, 5.74) is 10.3. The van der Waals surface area contributed by atoms with E-state index in [0.29, 0.717) is 12.3 Å². The Morgan fingerprint density at radius 3 is 2.83 bits per heavy atom. The van der Waals surface area contributed by atoms with Crippen LogP contribution in [0.1, 0.15) is 35.5 Å². The Hall–Kier alpha value is -2.40. The van der Waals surface area contributed by atoms with Crippen molar-refractivity contribution in [1.29, 1.82) is 0 Å². The van der Waals surface area contributed by atoms with Gasteiger partial charge in [0.15, 0.2) is 5.69 Å². The molecule has 5 heteroatoms. The summed E-state index contributed by atoms with van der Waals surface area (Å²) >= 11 is 0. The molecular weight excluding hydrogens is 290 g/mol. The summed E-state index contributed by atoms with van der Waals surface area (Å²) < 4.78 is 5.11. The van der Waals surface area contributed by atoms with Gasteiger partial charge in [0.2, 0.25) is 0 Å². The lowest BCUT2D eigenvalue weighted by atomic mass is 9.98. The number of H-pyrrole nitrogens is 1. The number of hydrogen-bond acceptors (Lipinski definition) is 4. The average molecular weight is 311 g/mol. The minimum atomic E-state index is -0.383. The highest BCUT2D eigenvalue weighted by Gasteiger charge is 2.18. The van der Waals surface area contributed by atoms with Crippen molar-refractivity contribution >= 4 is 27.8 Å². The van der Waals surface area contributed by atoms with Gasteiger partial charge in [-0.25, -0.2) is 9.78 Å². The maximum Gasteiger partial charge on any atom is 0.357 e. The molecule has 0 saturated heterocycles. The molecule has 0 saturated carbocycles. The number of benzene rings is 1. The van der Waals surface area contributed by atoms with E-state index in [1.54, 1.807) is 13.1 Å². The second-order valence-corrected chi connectivity index (χ2v) is 5.89. The van der Waals surface area contributed by atoms with Gasteiger partial charge in [-0.1, -0.05) is 12.1 Å². The number of nitrogens with zero attached hydrogens (tertiary/aromatic N) is 1. The van der Waals surface area contributed by atoms with Crippen LogP contribution >= 0.6 is 0 Å². The fourth-order valence-corrected chi connectivity index (χ4v) is 3.09. The number of esters is 1. The van der Waals surface area contributed by atoms with Crippen molar-refractivity contribution in [2.24, 2.45) is 5.73 Å². The van der Waals surface area contributed by atoms with Gasteiger partial charge in [-0.2, -0.15) is 0 Å². The Bertz CT molecular complexity index is 881. The zero-order valence-corrected chi connectivity index (χ0v) is 13.6. The molecule has 0 bridgehead atoms. The Labute approximate surface area is 134 Å². The van der Waals surface area contributed by atoms with Gasteiger partial charge in [-0.3, -0.25) is 0 Å². The van der Waals surface area contributed by atoms with Crippen LogP contribution in [-0.2, 0) is 11.2 Å². The molecule has 2 aromatic heterocycles. The van der Waals surface area contributed by atoms with Crippen molar-refractivity contribution < 1.29 is 9.53 Å². The van der Waals surface area contributed by atoms with E-state index in [4.69, 9.17) is 10.5 Å². The van der Waals surface area contributed by atoms with E-state index in [1.165, 1.54) is 5.56 Å². The van der Waals surface area contributed by atoms with Gasteiger partial charge < -0.3 is 15.5 Å². The van der Waals surface area contributed by atoms with Crippen molar-refractivity contribution in [1.82, 2.24) is 9.97 Å². The Kier molecular flexibility index (Phi) is 4.05. The first-order valence-corrected chi connectivity index (χ1v) is 7.84. The van der Waals surface area contributed by atoms with Crippen molar-refractivity contribution in [3.63, 3.8) is 0 Å². The van der Waals surface area contributed by atoms with Crippen LogP contribution in [-0.4, -0.2) is 28.6 Å². The molecule has 23 heavy (non-hydrogen) atoms. The second-order valence-electron chi connectivity index (χ2n) is 5.89. The number of aromatic nitrogens is 2. The first-order chi connectivity index (χ1) is 11.0. The molecule has 0 aliphatic heterocycles. The number of aromatic amines is 1. The molecule has 1 aromatic carbocycles. The summed E-state index contributed by atoms with van der Waals surface area (Å²) in [6.07, 6.45) is 2.48. The van der Waals surface area contributed by atoms with Gasteiger partial charge >= 0.3 is 5.97 Å². The molecule has 5 nitrogen and oxygen atoms in total. The van der Waals surface area contributed by atoms with E-state index in [9.17, 15) is 4.79 Å². The topological polar surface area (TPSA) is 81.0 Å². The lowest BCUT2D eigenvalue weighted by molar-refractivity contribution is 0.0519. The summed E-state index contributed by atoms with van der Waals surface area (Å²) in [4.78, 5) is 19.8. The molecule has 1 unspecified atom stereocenters. The summed E-state index contributed by atoms with van der Waals surface area (Å²) in [5, 5.41) is 2.14. The number of rotatable bonds is 4. The standard InChI is InChI=1S/C18H21N3O2/c1-4-23-18(22)17-11(3)15-14(9-20-17)21-13-7-5-6-12(16(13)15)8-10(2)19/h5-7,9-10,21H,4,8,19H2,1-3H3. The first-order valence-electron chi connectivity index (χ1n) is 7.84. The zero-order valence-electron chi connectivity index (χ0n) is 13.6. The molecule has 0 spiro atoms. The van der Waals surface area contributed by atoms with Gasteiger partial charge in [0.1, 0.15) is 0 Å². The van der Waals surface area contributed by atoms with Crippen LogP contribution < -0.4 is 5.73 Å². The smallest absolute Gasteiger partial charge is 0.357 e. The van der Waals surface area contributed by atoms with Gasteiger partial charge in [-0.05, 0) is 44.4 Å². The normalized spacial score (nSPS) is 12.7. The molecule has 0 aliphatic rings. The Morgan fingerprint density at radius 1 is 1.35 bits per heavy atom. The molecule has 3 rings (SSSR count). The third-order valence-corrected chi connectivity index (χ3v) is 4.00. The van der Waals surface area contributed by atoms with E-state index in [1.807, 2.05) is 26.0 Å². The number of aryl methyl sites for hydroxylation is 1. The predicted molar refractivity (Wildman–Crippen MR) is 91.6 cm³/mol. The van der Waals surface area contributed by atoms with Crippen LogP contribution in [0.5, 0.6) is 0 Å². The third kappa shape index (κ3) is 2.68. The van der Waals surface area contributed by atoms with Crippen molar-refractivity contribution in [2.45, 2.75) is 33.2 Å². The van der Waals surface area contributed by atoms with E-state index in [-0.39, 0.29) is 12.0 Å². The SMILES string of the molecule is CCOC(=O)c1ncc2[nH]c3cccc(CC(C)N)c3c2c1C. The quantitative estimate of drug-likeness (QED) is 0.725. The number of nitrogens with one attached hydrogen (secondary N) is 1. The highest BCUT2D eigenvalue weighted by atomic mass is 16.5. The van der Waals surface area contributed by atoms with E-state index < -0.39 is 0 Å². The Morgan fingerprint density at radius 2 is 2.13 bits per heavy atom. The number of hydrogen-bond donors (Lipinski definition) is 2. The highest BCUT2D eigenvalue weighted by molar-refractivity contribution is 6.12. The monoisotopic (exact) mass is 311 g/mol. The maximum atomic E-state index is 12.1. The van der Waals surface area contributed by atoms with Gasteiger partial charge in [0.25, 0.3) is 0 Å². The number of nitrogens with two attached hydrogens (primary N) is 1. The summed E-state index contributed by atoms with van der Waals surface area (Å²) in [6, 6.07) is 6.20. The average Bonchev–Trinajstić information content (AvgIpc) is 2.87. The minimum absolute atomic E-state index is 0.0669. The zero-order chi connectivity index (χ0) is 16.6. The molecule has 3 aromatic rings. The van der Waals surface area contributed by atoms with Gasteiger partial charge in [0.05, 0.1) is 18.3 Å². The fourth-order valence-electron chi connectivity index (χ4n) is 3.09. The second kappa shape index (κ2) is 6.01. The number of pyridine rings is 1. The number of fused-ring (bicyclic) bond motifs is 3. The molecule has 0 radical (unpaired) electrons. The van der Waals surface area contributed by atoms with Crippen molar-refractivity contribution in [3.8, 4) is 0 Å². The maximum absolute atomic E-state index is 12.1. The third-order valence-electron chi connectivity index (χ3n) is 4.00. The van der Waals surface area contributed by atoms with Crippen LogP contribution in [0.25, 0.3) is 21.8 Å². The van der Waals surface area contributed by atoms with Crippen molar-refractivity contribution in [3.05, 3.63) is 41.2 Å². The van der Waals surface area contributed by atoms with E-state index in [0.717, 1.165) is 33.8 Å². The molecule has 120 valence electrons. The van der Waals surface area contributed by atoms with Gasteiger partial charge in [-0.15, -0.1) is 0 Å². The summed E-state index contributed by atoms with van der Waals surface area (Å²) in [7, 11) is 0. The molecular formula is C18H21N3O2. The summed E-state index contributed by atoms with van der Waals surface area (Å²) in [5.74, 6) is -0.383. The largest absolute Gasteiger partial charge is 0.461 e. The minimum Gasteiger partial charge on any atom is -0.461 e. The number of ether oxygens (including phenoxy) is 1. The van der Waals surface area contributed by atoms with E-state index in [2.05, 4.69) is 16.0 Å². The molecule has 0 amide bonds. The molecule has 0 fully saturated rings. The number of carbonyl (C=O) groups is 1. The molecule has 0 aliphatic carbocycles. The highest BCUT2D eigenvalue weighted by Crippen LogP contribution is 2.32. The molecule has 2 heterocycles. The lowest BCUT2D eigenvalue weighted by Gasteiger charge is -2.09. The fraction of sp³-hybridized carbons (Fsp3) is 0.333. The summed E-state index contributed by atoms with van der Waals surface area (Å²) in [6.45, 7) is 6.03. The Balaban J connectivity index is 2.30. The van der Waals surface area contributed by atoms with Crippen LogP contribution in [0.3, 0.4) is 0 Å². The van der Waals surface area contributed by atoms with Crippen LogP contribution in [0.4, 0.5) is 0 Å². The van der Waals surface area contributed by atoms with Crippen molar-refractivity contribution in [2.75, 3.05) is 6.61 Å². The van der Waals surface area contributed by atoms with Gasteiger partial charge in [0, 0.05) is 22.3 Å². The van der Waals surface area contributed by atoms with Crippen LogP contribution in [0.2, 0.25) is 0 Å². The first kappa shape index (κ1) is 15.5. The molecule has 1 atom stereocenters. The van der Waals surface area contributed by atoms with Crippen LogP contribution in [0.15, 0.2) is 24.4 Å². The number of carbonyl (C=O) groups excluding carboxylic acids is 1. The lowest BCUT2D eigenvalue weighted by Crippen LogP contribution is -2.17.